The normalized spacial score (nSPS) is 10.5. The van der Waals surface area contributed by atoms with Gasteiger partial charge in [0.1, 0.15) is 0 Å². The van der Waals surface area contributed by atoms with E-state index in [-0.39, 0.29) is 5.91 Å². The van der Waals surface area contributed by atoms with Crippen molar-refractivity contribution in [1.29, 1.82) is 0 Å². The molecular weight excluding hydrogens is 200 g/mol. The molecule has 0 aliphatic heterocycles. The number of benzene rings is 1. The quantitative estimate of drug-likeness (QED) is 0.757. The topological polar surface area (TPSA) is 23.6 Å². The van der Waals surface area contributed by atoms with Crippen LogP contribution in [0.1, 0.15) is 13.3 Å². The Morgan fingerprint density at radius 1 is 1.12 bits per heavy atom. The van der Waals surface area contributed by atoms with Crippen LogP contribution in [0.25, 0.3) is 0 Å². The van der Waals surface area contributed by atoms with Crippen molar-refractivity contribution in [3.8, 4) is 0 Å². The second-order valence-corrected chi connectivity index (χ2v) is 4.16. The Labute approximate surface area is 97.7 Å². The van der Waals surface area contributed by atoms with Crippen molar-refractivity contribution in [2.24, 2.45) is 0 Å². The second kappa shape index (κ2) is 6.28. The molecule has 0 spiro atoms. The molecule has 1 aromatic carbocycles. The second-order valence-electron chi connectivity index (χ2n) is 4.16. The number of amides is 1. The molecule has 0 saturated heterocycles. The van der Waals surface area contributed by atoms with Crippen LogP contribution >= 0.6 is 0 Å². The van der Waals surface area contributed by atoms with Gasteiger partial charge in [0.2, 0.25) is 5.91 Å². The van der Waals surface area contributed by atoms with Gasteiger partial charge < -0.3 is 9.80 Å². The van der Waals surface area contributed by atoms with Gasteiger partial charge in [-0.05, 0) is 39.2 Å². The highest BCUT2D eigenvalue weighted by atomic mass is 16.2. The minimum Gasteiger partial charge on any atom is -0.313 e. The number of nitrogens with zero attached hydrogens (tertiary/aromatic N) is 2. The number of carbonyl (C=O) groups excluding carboxylic acids is 1. The monoisotopic (exact) mass is 220 g/mol. The van der Waals surface area contributed by atoms with Gasteiger partial charge in [-0.15, -0.1) is 0 Å². The maximum atomic E-state index is 11.5. The smallest absolute Gasteiger partial charge is 0.223 e. The predicted molar refractivity (Wildman–Crippen MR) is 67.6 cm³/mol. The molecule has 3 nitrogen and oxygen atoms in total. The van der Waals surface area contributed by atoms with Gasteiger partial charge in [-0.2, -0.15) is 0 Å². The third-order valence-corrected chi connectivity index (χ3v) is 2.44. The van der Waals surface area contributed by atoms with Gasteiger partial charge in [-0.25, -0.2) is 0 Å². The molecule has 0 fully saturated rings. The van der Waals surface area contributed by atoms with Crippen molar-refractivity contribution in [2.45, 2.75) is 13.3 Å². The van der Waals surface area contributed by atoms with Gasteiger partial charge in [-0.1, -0.05) is 18.2 Å². The highest BCUT2D eigenvalue weighted by Gasteiger charge is 2.09. The molecule has 3 heteroatoms. The van der Waals surface area contributed by atoms with Crippen LogP contribution in [0.2, 0.25) is 0 Å². The van der Waals surface area contributed by atoms with Crippen LogP contribution < -0.4 is 4.90 Å². The zero-order valence-electron chi connectivity index (χ0n) is 10.3. The lowest BCUT2D eigenvalue weighted by Gasteiger charge is -2.22. The summed E-state index contributed by atoms with van der Waals surface area (Å²) in [5, 5.41) is 0. The fourth-order valence-electron chi connectivity index (χ4n) is 1.62. The van der Waals surface area contributed by atoms with Crippen LogP contribution in [0.15, 0.2) is 30.3 Å². The van der Waals surface area contributed by atoms with Gasteiger partial charge in [0.05, 0.1) is 0 Å². The summed E-state index contributed by atoms with van der Waals surface area (Å²) in [6.07, 6.45) is 0.988. The van der Waals surface area contributed by atoms with E-state index in [0.717, 1.165) is 25.2 Å². The zero-order chi connectivity index (χ0) is 12.0. The maximum absolute atomic E-state index is 11.5. The van der Waals surface area contributed by atoms with Crippen LogP contribution in [-0.4, -0.2) is 38.0 Å². The molecule has 0 N–H and O–H groups in total. The lowest BCUT2D eigenvalue weighted by atomic mass is 10.2. The molecule has 0 radical (unpaired) electrons. The predicted octanol–water partition coefficient (Wildman–Crippen LogP) is 1.99. The molecule has 0 heterocycles. The molecule has 1 amide bonds. The number of hydrogen-bond donors (Lipinski definition) is 0. The molecule has 0 aromatic heterocycles. The minimum absolute atomic E-state index is 0.102. The Hall–Kier alpha value is -1.35. The Kier molecular flexibility index (Phi) is 4.99. The van der Waals surface area contributed by atoms with E-state index in [9.17, 15) is 4.79 Å². The van der Waals surface area contributed by atoms with E-state index in [1.807, 2.05) is 49.3 Å². The first-order valence-electron chi connectivity index (χ1n) is 5.59. The van der Waals surface area contributed by atoms with E-state index in [1.165, 1.54) is 0 Å². The third-order valence-electron chi connectivity index (χ3n) is 2.44. The van der Waals surface area contributed by atoms with Gasteiger partial charge in [-0.3, -0.25) is 4.79 Å². The number of para-hydroxylation sites is 1. The Morgan fingerprint density at radius 3 is 2.25 bits per heavy atom. The van der Waals surface area contributed by atoms with Gasteiger partial charge in [0, 0.05) is 19.2 Å². The maximum Gasteiger partial charge on any atom is 0.223 e. The molecule has 0 unspecified atom stereocenters. The molecule has 16 heavy (non-hydrogen) atoms. The third kappa shape index (κ3) is 4.03. The van der Waals surface area contributed by atoms with Crippen molar-refractivity contribution < 1.29 is 4.79 Å². The van der Waals surface area contributed by atoms with Gasteiger partial charge in [0.15, 0.2) is 0 Å². The summed E-state index contributed by atoms with van der Waals surface area (Å²) in [5.41, 5.74) is 0.980. The molecule has 0 atom stereocenters. The fraction of sp³-hybridized carbons (Fsp3) is 0.462. The van der Waals surface area contributed by atoms with Crippen molar-refractivity contribution in [1.82, 2.24) is 4.90 Å². The first-order chi connectivity index (χ1) is 7.61. The molecule has 0 saturated carbocycles. The minimum atomic E-state index is 0.102. The van der Waals surface area contributed by atoms with Crippen LogP contribution in [0.5, 0.6) is 0 Å². The molecule has 1 rings (SSSR count). The number of hydrogen-bond acceptors (Lipinski definition) is 2. The molecule has 1 aromatic rings. The largest absolute Gasteiger partial charge is 0.313 e. The summed E-state index contributed by atoms with van der Waals surface area (Å²) in [5.74, 6) is 0.102. The van der Waals surface area contributed by atoms with Crippen molar-refractivity contribution in [2.75, 3.05) is 32.1 Å². The van der Waals surface area contributed by atoms with E-state index in [2.05, 4.69) is 4.90 Å². The van der Waals surface area contributed by atoms with Crippen molar-refractivity contribution >= 4 is 11.6 Å². The molecular formula is C13H20N2O. The summed E-state index contributed by atoms with van der Waals surface area (Å²) in [4.78, 5) is 15.5. The highest BCUT2D eigenvalue weighted by molar-refractivity contribution is 5.91. The van der Waals surface area contributed by atoms with E-state index in [4.69, 9.17) is 0 Å². The van der Waals surface area contributed by atoms with Crippen molar-refractivity contribution in [3.05, 3.63) is 30.3 Å². The Balaban J connectivity index is 2.59. The van der Waals surface area contributed by atoms with E-state index in [1.54, 1.807) is 6.92 Å². The van der Waals surface area contributed by atoms with Crippen LogP contribution in [0.3, 0.4) is 0 Å². The lowest BCUT2D eigenvalue weighted by Crippen LogP contribution is -2.31. The number of rotatable bonds is 5. The first kappa shape index (κ1) is 12.7. The fourth-order valence-corrected chi connectivity index (χ4v) is 1.62. The SMILES string of the molecule is CC(=O)N(CCCN(C)C)c1ccccc1. The standard InChI is InChI=1S/C13H20N2O/c1-12(16)15(11-7-10-14(2)3)13-8-5-4-6-9-13/h4-6,8-9H,7,10-11H2,1-3H3. The molecule has 88 valence electrons. The molecule has 0 aliphatic carbocycles. The van der Waals surface area contributed by atoms with Gasteiger partial charge in [0.25, 0.3) is 0 Å². The summed E-state index contributed by atoms with van der Waals surface area (Å²) in [6, 6.07) is 9.81. The summed E-state index contributed by atoms with van der Waals surface area (Å²) < 4.78 is 0. The van der Waals surface area contributed by atoms with E-state index in [0.29, 0.717) is 0 Å². The molecule has 0 bridgehead atoms. The zero-order valence-corrected chi connectivity index (χ0v) is 10.3. The van der Waals surface area contributed by atoms with Crippen LogP contribution in [0, 0.1) is 0 Å². The summed E-state index contributed by atoms with van der Waals surface area (Å²) in [7, 11) is 4.08. The number of anilines is 1. The Morgan fingerprint density at radius 2 is 1.75 bits per heavy atom. The van der Waals surface area contributed by atoms with E-state index < -0.39 is 0 Å². The number of carbonyl (C=O) groups is 1. The van der Waals surface area contributed by atoms with Crippen LogP contribution in [0.4, 0.5) is 5.69 Å². The molecule has 0 aliphatic rings. The first-order valence-corrected chi connectivity index (χ1v) is 5.59. The van der Waals surface area contributed by atoms with Crippen LogP contribution in [-0.2, 0) is 4.79 Å². The van der Waals surface area contributed by atoms with E-state index >= 15 is 0 Å². The van der Waals surface area contributed by atoms with Crippen molar-refractivity contribution in [3.63, 3.8) is 0 Å². The summed E-state index contributed by atoms with van der Waals surface area (Å²) >= 11 is 0. The summed E-state index contributed by atoms with van der Waals surface area (Å²) in [6.45, 7) is 3.39. The highest BCUT2D eigenvalue weighted by Crippen LogP contribution is 2.13. The average Bonchev–Trinajstić information content (AvgIpc) is 2.25. The average molecular weight is 220 g/mol. The van der Waals surface area contributed by atoms with Gasteiger partial charge >= 0.3 is 0 Å². The Bertz CT molecular complexity index is 322. The lowest BCUT2D eigenvalue weighted by molar-refractivity contribution is -0.116.